The van der Waals surface area contributed by atoms with Crippen molar-refractivity contribution in [3.63, 3.8) is 0 Å². The van der Waals surface area contributed by atoms with Crippen LogP contribution in [0.4, 0.5) is 4.79 Å². The fourth-order valence-corrected chi connectivity index (χ4v) is 1.90. The van der Waals surface area contributed by atoms with Crippen molar-refractivity contribution in [1.82, 2.24) is 20.4 Å². The fraction of sp³-hybridized carbons (Fsp3) is 0.615. The summed E-state index contributed by atoms with van der Waals surface area (Å²) >= 11 is 0. The Labute approximate surface area is 118 Å². The van der Waals surface area contributed by atoms with Gasteiger partial charge < -0.3 is 15.7 Å². The molecule has 0 spiro atoms. The molecule has 1 aromatic rings. The monoisotopic (exact) mass is 282 g/mol. The maximum Gasteiger partial charge on any atom is 0.326 e. The molecular weight excluding hydrogens is 260 g/mol. The van der Waals surface area contributed by atoms with Gasteiger partial charge in [0.15, 0.2) is 0 Å². The molecule has 112 valence electrons. The first kappa shape index (κ1) is 16.0. The Bertz CT molecular complexity index is 482. The predicted octanol–water partition coefficient (Wildman–Crippen LogP) is 1.03. The van der Waals surface area contributed by atoms with Crippen molar-refractivity contribution >= 4 is 12.0 Å². The van der Waals surface area contributed by atoms with Gasteiger partial charge in [0.1, 0.15) is 6.04 Å². The smallest absolute Gasteiger partial charge is 0.326 e. The molecule has 1 atom stereocenters. The van der Waals surface area contributed by atoms with Crippen LogP contribution in [0, 0.1) is 12.8 Å². The minimum absolute atomic E-state index is 0.191. The molecule has 0 saturated heterocycles. The zero-order chi connectivity index (χ0) is 15.3. The highest BCUT2D eigenvalue weighted by Crippen LogP contribution is 2.05. The summed E-state index contributed by atoms with van der Waals surface area (Å²) in [6.07, 6.45) is 0.396. The molecule has 20 heavy (non-hydrogen) atoms. The van der Waals surface area contributed by atoms with Gasteiger partial charge in [0.05, 0.1) is 17.9 Å². The van der Waals surface area contributed by atoms with Crippen LogP contribution in [0.15, 0.2) is 6.07 Å². The molecule has 0 aliphatic carbocycles. The third-order valence-corrected chi connectivity index (χ3v) is 2.84. The average molecular weight is 282 g/mol. The van der Waals surface area contributed by atoms with Gasteiger partial charge in [-0.25, -0.2) is 9.59 Å². The third kappa shape index (κ3) is 4.91. The molecule has 1 rings (SSSR count). The van der Waals surface area contributed by atoms with E-state index in [0.717, 1.165) is 11.4 Å². The van der Waals surface area contributed by atoms with Gasteiger partial charge in [0, 0.05) is 7.05 Å². The normalized spacial score (nSPS) is 12.2. The van der Waals surface area contributed by atoms with Gasteiger partial charge in [0.25, 0.3) is 0 Å². The summed E-state index contributed by atoms with van der Waals surface area (Å²) in [5, 5.41) is 18.3. The van der Waals surface area contributed by atoms with Crippen LogP contribution in [-0.2, 0) is 18.4 Å². The average Bonchev–Trinajstić information content (AvgIpc) is 2.63. The van der Waals surface area contributed by atoms with Crippen LogP contribution in [0.1, 0.15) is 31.7 Å². The van der Waals surface area contributed by atoms with Gasteiger partial charge in [-0.3, -0.25) is 4.68 Å². The first-order valence-corrected chi connectivity index (χ1v) is 6.56. The van der Waals surface area contributed by atoms with Gasteiger partial charge >= 0.3 is 12.0 Å². The minimum Gasteiger partial charge on any atom is -0.480 e. The van der Waals surface area contributed by atoms with Crippen LogP contribution in [0.5, 0.6) is 0 Å². The van der Waals surface area contributed by atoms with Crippen molar-refractivity contribution in [2.24, 2.45) is 13.0 Å². The number of aryl methyl sites for hydroxylation is 2. The van der Waals surface area contributed by atoms with Gasteiger partial charge in [-0.2, -0.15) is 5.10 Å². The maximum atomic E-state index is 11.7. The number of amides is 2. The van der Waals surface area contributed by atoms with E-state index in [1.807, 2.05) is 26.8 Å². The van der Waals surface area contributed by atoms with E-state index in [4.69, 9.17) is 5.11 Å². The van der Waals surface area contributed by atoms with Crippen molar-refractivity contribution in [1.29, 1.82) is 0 Å². The highest BCUT2D eigenvalue weighted by molar-refractivity contribution is 5.82. The summed E-state index contributed by atoms with van der Waals surface area (Å²) in [5.41, 5.74) is 1.72. The van der Waals surface area contributed by atoms with E-state index in [1.54, 1.807) is 11.7 Å². The van der Waals surface area contributed by atoms with Crippen LogP contribution in [-0.4, -0.2) is 32.9 Å². The molecule has 0 bridgehead atoms. The minimum atomic E-state index is -1.02. The third-order valence-electron chi connectivity index (χ3n) is 2.84. The molecule has 7 nitrogen and oxygen atoms in total. The molecule has 0 aliphatic rings. The molecule has 0 aromatic carbocycles. The lowest BCUT2D eigenvalue weighted by molar-refractivity contribution is -0.139. The molecule has 1 aromatic heterocycles. The van der Waals surface area contributed by atoms with Crippen molar-refractivity contribution in [3.05, 3.63) is 17.5 Å². The Morgan fingerprint density at radius 3 is 2.55 bits per heavy atom. The number of aromatic nitrogens is 2. The molecule has 1 unspecified atom stereocenters. The van der Waals surface area contributed by atoms with Crippen LogP contribution >= 0.6 is 0 Å². The van der Waals surface area contributed by atoms with Gasteiger partial charge in [-0.1, -0.05) is 13.8 Å². The van der Waals surface area contributed by atoms with Gasteiger partial charge in [-0.15, -0.1) is 0 Å². The predicted molar refractivity (Wildman–Crippen MR) is 74.2 cm³/mol. The molecule has 7 heteroatoms. The van der Waals surface area contributed by atoms with E-state index in [1.165, 1.54) is 0 Å². The van der Waals surface area contributed by atoms with E-state index in [2.05, 4.69) is 15.7 Å². The number of urea groups is 1. The number of carbonyl (C=O) groups is 2. The quantitative estimate of drug-likeness (QED) is 0.726. The van der Waals surface area contributed by atoms with E-state index in [0.29, 0.717) is 13.0 Å². The number of rotatable bonds is 6. The first-order valence-electron chi connectivity index (χ1n) is 6.56. The second-order valence-electron chi connectivity index (χ2n) is 5.25. The summed E-state index contributed by atoms with van der Waals surface area (Å²) in [4.78, 5) is 22.8. The number of hydrogen-bond acceptors (Lipinski definition) is 3. The summed E-state index contributed by atoms with van der Waals surface area (Å²) < 4.78 is 1.68. The van der Waals surface area contributed by atoms with Gasteiger partial charge in [0.2, 0.25) is 0 Å². The van der Waals surface area contributed by atoms with E-state index in [9.17, 15) is 9.59 Å². The second-order valence-corrected chi connectivity index (χ2v) is 5.25. The molecule has 0 fully saturated rings. The summed E-state index contributed by atoms with van der Waals surface area (Å²) in [5.74, 6) is -0.832. The van der Waals surface area contributed by atoms with E-state index < -0.39 is 18.0 Å². The molecule has 2 amide bonds. The number of nitrogens with one attached hydrogen (secondary N) is 2. The summed E-state index contributed by atoms with van der Waals surface area (Å²) in [7, 11) is 1.79. The lowest BCUT2D eigenvalue weighted by Crippen LogP contribution is -2.46. The molecule has 0 saturated carbocycles. The summed E-state index contributed by atoms with van der Waals surface area (Å²) in [6.45, 7) is 5.99. The van der Waals surface area contributed by atoms with Crippen LogP contribution in [0.2, 0.25) is 0 Å². The standard InChI is InChI=1S/C13H22N4O3/c1-8(2)5-11(12(18)19)15-13(20)14-7-10-6-9(3)16-17(10)4/h6,8,11H,5,7H2,1-4H3,(H,18,19)(H2,14,15,20). The fourth-order valence-electron chi connectivity index (χ4n) is 1.90. The highest BCUT2D eigenvalue weighted by Gasteiger charge is 2.20. The molecule has 3 N–H and O–H groups in total. The maximum absolute atomic E-state index is 11.7. The summed E-state index contributed by atoms with van der Waals surface area (Å²) in [6, 6.07) is 0.503. The van der Waals surface area contributed by atoms with E-state index in [-0.39, 0.29) is 5.92 Å². The lowest BCUT2D eigenvalue weighted by Gasteiger charge is -2.16. The Morgan fingerprint density at radius 1 is 1.45 bits per heavy atom. The van der Waals surface area contributed by atoms with Crippen molar-refractivity contribution in [2.75, 3.05) is 0 Å². The number of carboxylic acid groups (broad SMARTS) is 1. The van der Waals surface area contributed by atoms with Crippen molar-refractivity contribution < 1.29 is 14.7 Å². The zero-order valence-corrected chi connectivity index (χ0v) is 12.3. The largest absolute Gasteiger partial charge is 0.480 e. The van der Waals surface area contributed by atoms with Crippen molar-refractivity contribution in [3.8, 4) is 0 Å². The van der Waals surface area contributed by atoms with E-state index >= 15 is 0 Å². The number of hydrogen-bond donors (Lipinski definition) is 3. The van der Waals surface area contributed by atoms with Crippen LogP contribution in [0.3, 0.4) is 0 Å². The second kappa shape index (κ2) is 6.93. The lowest BCUT2D eigenvalue weighted by atomic mass is 10.0. The molecule has 1 heterocycles. The SMILES string of the molecule is Cc1cc(CNC(=O)NC(CC(C)C)C(=O)O)n(C)n1. The number of carboxylic acids is 1. The zero-order valence-electron chi connectivity index (χ0n) is 12.3. The number of aliphatic carboxylic acids is 1. The van der Waals surface area contributed by atoms with Gasteiger partial charge in [-0.05, 0) is 25.3 Å². The molecule has 0 aliphatic heterocycles. The first-order chi connectivity index (χ1) is 9.29. The Morgan fingerprint density at radius 2 is 2.10 bits per heavy atom. The Balaban J connectivity index is 2.50. The Kier molecular flexibility index (Phi) is 5.54. The molecular formula is C13H22N4O3. The molecule has 0 radical (unpaired) electrons. The van der Waals surface area contributed by atoms with Crippen LogP contribution in [0.25, 0.3) is 0 Å². The highest BCUT2D eigenvalue weighted by atomic mass is 16.4. The number of carbonyl (C=O) groups excluding carboxylic acids is 1. The number of nitrogens with zero attached hydrogens (tertiary/aromatic N) is 2. The van der Waals surface area contributed by atoms with Crippen LogP contribution < -0.4 is 10.6 Å². The Hall–Kier alpha value is -2.05. The van der Waals surface area contributed by atoms with Crippen molar-refractivity contribution in [2.45, 2.75) is 39.8 Å². The topological polar surface area (TPSA) is 96.3 Å².